The topological polar surface area (TPSA) is 21.8 Å². The first kappa shape index (κ1) is 14.9. The van der Waals surface area contributed by atoms with E-state index in [2.05, 4.69) is 48.0 Å². The van der Waals surface area contributed by atoms with Crippen molar-refractivity contribution in [3.8, 4) is 0 Å². The van der Waals surface area contributed by atoms with Crippen LogP contribution in [0.3, 0.4) is 0 Å². The summed E-state index contributed by atoms with van der Waals surface area (Å²) in [7, 11) is 6.34. The van der Waals surface area contributed by atoms with E-state index in [1.807, 2.05) is 7.05 Å². The maximum absolute atomic E-state index is 3.38. The lowest BCUT2D eigenvalue weighted by Crippen LogP contribution is -2.54. The minimum atomic E-state index is 0.228. The number of nitrogens with one attached hydrogen (secondary N) is 1. The third-order valence-electron chi connectivity index (χ3n) is 3.62. The maximum Gasteiger partial charge on any atom is 0.0249 e. The third-order valence-corrected chi connectivity index (χ3v) is 3.62. The van der Waals surface area contributed by atoms with E-state index in [1.54, 1.807) is 0 Å². The molecule has 0 aromatic carbocycles. The molecule has 0 bridgehead atoms. The van der Waals surface area contributed by atoms with E-state index in [0.29, 0.717) is 0 Å². The van der Waals surface area contributed by atoms with Crippen molar-refractivity contribution < 1.29 is 0 Å². The molecule has 1 fully saturated rings. The predicted molar refractivity (Wildman–Crippen MR) is 74.6 cm³/mol. The SMILES string of the molecule is CNC(C)(C)CN1CCN(CCN(C)C)CC1. The lowest BCUT2D eigenvalue weighted by molar-refractivity contribution is 0.105. The zero-order valence-electron chi connectivity index (χ0n) is 12.3. The van der Waals surface area contributed by atoms with Crippen LogP contribution in [-0.4, -0.2) is 87.2 Å². The molecule has 4 nitrogen and oxygen atoms in total. The van der Waals surface area contributed by atoms with Crippen molar-refractivity contribution in [1.82, 2.24) is 20.0 Å². The van der Waals surface area contributed by atoms with Gasteiger partial charge in [-0.15, -0.1) is 0 Å². The summed E-state index contributed by atoms with van der Waals surface area (Å²) in [4.78, 5) is 7.40. The zero-order valence-corrected chi connectivity index (χ0v) is 12.3. The summed E-state index contributed by atoms with van der Waals surface area (Å²) in [5, 5.41) is 3.38. The average molecular weight is 242 g/mol. The number of likely N-dealkylation sites (N-methyl/N-ethyl adjacent to an activating group) is 2. The van der Waals surface area contributed by atoms with Crippen LogP contribution >= 0.6 is 0 Å². The lowest BCUT2D eigenvalue weighted by atomic mass is 10.0. The molecule has 1 saturated heterocycles. The molecule has 0 aromatic rings. The van der Waals surface area contributed by atoms with Gasteiger partial charge in [0.15, 0.2) is 0 Å². The fourth-order valence-electron chi connectivity index (χ4n) is 2.15. The normalized spacial score (nSPS) is 20.1. The van der Waals surface area contributed by atoms with Crippen molar-refractivity contribution in [1.29, 1.82) is 0 Å². The van der Waals surface area contributed by atoms with Gasteiger partial charge >= 0.3 is 0 Å². The Hall–Kier alpha value is -0.160. The van der Waals surface area contributed by atoms with E-state index in [0.717, 1.165) is 6.54 Å². The number of hydrogen-bond acceptors (Lipinski definition) is 4. The second-order valence-corrected chi connectivity index (χ2v) is 6.05. The Morgan fingerprint density at radius 3 is 2.06 bits per heavy atom. The van der Waals surface area contributed by atoms with E-state index in [4.69, 9.17) is 0 Å². The van der Waals surface area contributed by atoms with Crippen LogP contribution in [0, 0.1) is 0 Å². The second-order valence-electron chi connectivity index (χ2n) is 6.05. The average Bonchev–Trinajstić information content (AvgIpc) is 2.28. The van der Waals surface area contributed by atoms with E-state index >= 15 is 0 Å². The molecule has 0 unspecified atom stereocenters. The Balaban J connectivity index is 2.21. The van der Waals surface area contributed by atoms with Gasteiger partial charge in [0.05, 0.1) is 0 Å². The van der Waals surface area contributed by atoms with Gasteiger partial charge in [0.1, 0.15) is 0 Å². The Morgan fingerprint density at radius 2 is 1.59 bits per heavy atom. The number of nitrogens with zero attached hydrogens (tertiary/aromatic N) is 3. The molecule has 1 N–H and O–H groups in total. The number of rotatable bonds is 6. The fraction of sp³-hybridized carbons (Fsp3) is 1.00. The molecule has 0 aromatic heterocycles. The minimum absolute atomic E-state index is 0.228. The van der Waals surface area contributed by atoms with E-state index in [-0.39, 0.29) is 5.54 Å². The van der Waals surface area contributed by atoms with Crippen LogP contribution in [0.4, 0.5) is 0 Å². The third kappa shape index (κ3) is 5.82. The molecule has 17 heavy (non-hydrogen) atoms. The van der Waals surface area contributed by atoms with Gasteiger partial charge in [0.2, 0.25) is 0 Å². The summed E-state index contributed by atoms with van der Waals surface area (Å²) < 4.78 is 0. The van der Waals surface area contributed by atoms with Gasteiger partial charge in [0.25, 0.3) is 0 Å². The molecule has 0 saturated carbocycles. The summed E-state index contributed by atoms with van der Waals surface area (Å²) in [5.41, 5.74) is 0.228. The summed E-state index contributed by atoms with van der Waals surface area (Å²) in [6.07, 6.45) is 0. The van der Waals surface area contributed by atoms with Crippen LogP contribution in [0.5, 0.6) is 0 Å². The Kier molecular flexibility index (Phi) is 5.86. The van der Waals surface area contributed by atoms with Gasteiger partial charge < -0.3 is 10.2 Å². The van der Waals surface area contributed by atoms with Crippen molar-refractivity contribution in [3.05, 3.63) is 0 Å². The molecule has 0 amide bonds. The molecule has 0 spiro atoms. The Morgan fingerprint density at radius 1 is 1.06 bits per heavy atom. The van der Waals surface area contributed by atoms with Crippen molar-refractivity contribution in [2.24, 2.45) is 0 Å². The van der Waals surface area contributed by atoms with Gasteiger partial charge in [0, 0.05) is 51.4 Å². The highest BCUT2D eigenvalue weighted by atomic mass is 15.3. The first-order valence-corrected chi connectivity index (χ1v) is 6.71. The van der Waals surface area contributed by atoms with Crippen LogP contribution in [0.25, 0.3) is 0 Å². The maximum atomic E-state index is 3.38. The highest BCUT2D eigenvalue weighted by Crippen LogP contribution is 2.08. The van der Waals surface area contributed by atoms with E-state index in [9.17, 15) is 0 Å². The summed E-state index contributed by atoms with van der Waals surface area (Å²) in [6.45, 7) is 12.9. The second kappa shape index (κ2) is 6.69. The van der Waals surface area contributed by atoms with Crippen LogP contribution in [-0.2, 0) is 0 Å². The van der Waals surface area contributed by atoms with Crippen molar-refractivity contribution in [2.45, 2.75) is 19.4 Å². The van der Waals surface area contributed by atoms with Gasteiger partial charge in [-0.05, 0) is 35.0 Å². The van der Waals surface area contributed by atoms with Crippen LogP contribution in [0.1, 0.15) is 13.8 Å². The molecular formula is C13H30N4. The van der Waals surface area contributed by atoms with Gasteiger partial charge in [-0.1, -0.05) is 0 Å². The fourth-order valence-corrected chi connectivity index (χ4v) is 2.15. The van der Waals surface area contributed by atoms with E-state index < -0.39 is 0 Å². The van der Waals surface area contributed by atoms with Gasteiger partial charge in [-0.25, -0.2) is 0 Å². The van der Waals surface area contributed by atoms with Gasteiger partial charge in [-0.2, -0.15) is 0 Å². The predicted octanol–water partition coefficient (Wildman–Crippen LogP) is 0.164. The van der Waals surface area contributed by atoms with Crippen molar-refractivity contribution >= 4 is 0 Å². The number of hydrogen-bond donors (Lipinski definition) is 1. The largest absolute Gasteiger partial charge is 0.314 e. The van der Waals surface area contributed by atoms with Crippen LogP contribution < -0.4 is 5.32 Å². The first-order chi connectivity index (χ1) is 7.93. The lowest BCUT2D eigenvalue weighted by Gasteiger charge is -2.39. The quantitative estimate of drug-likeness (QED) is 0.716. The monoisotopic (exact) mass is 242 g/mol. The zero-order chi connectivity index (χ0) is 12.9. The highest BCUT2D eigenvalue weighted by Gasteiger charge is 2.23. The Bertz CT molecular complexity index is 207. The Labute approximate surface area is 107 Å². The molecule has 0 aliphatic carbocycles. The molecular weight excluding hydrogens is 212 g/mol. The highest BCUT2D eigenvalue weighted by molar-refractivity contribution is 4.83. The van der Waals surface area contributed by atoms with Crippen LogP contribution in [0.2, 0.25) is 0 Å². The summed E-state index contributed by atoms with van der Waals surface area (Å²) >= 11 is 0. The van der Waals surface area contributed by atoms with Crippen LogP contribution in [0.15, 0.2) is 0 Å². The molecule has 1 rings (SSSR count). The molecule has 0 atom stereocenters. The summed E-state index contributed by atoms with van der Waals surface area (Å²) in [5.74, 6) is 0. The molecule has 102 valence electrons. The molecule has 1 aliphatic heterocycles. The molecule has 1 heterocycles. The molecule has 0 radical (unpaired) electrons. The molecule has 4 heteroatoms. The smallest absolute Gasteiger partial charge is 0.0249 e. The molecule has 1 aliphatic rings. The standard InChI is InChI=1S/C13H30N4/c1-13(2,14-3)12-17-10-8-16(9-11-17)7-6-15(4)5/h14H,6-12H2,1-5H3. The minimum Gasteiger partial charge on any atom is -0.314 e. The summed E-state index contributed by atoms with van der Waals surface area (Å²) in [6, 6.07) is 0. The van der Waals surface area contributed by atoms with Gasteiger partial charge in [-0.3, -0.25) is 9.80 Å². The van der Waals surface area contributed by atoms with Crippen molar-refractivity contribution in [2.75, 3.05) is 67.0 Å². The number of piperazine rings is 1. The van der Waals surface area contributed by atoms with Crippen molar-refractivity contribution in [3.63, 3.8) is 0 Å². The first-order valence-electron chi connectivity index (χ1n) is 6.71. The van der Waals surface area contributed by atoms with E-state index in [1.165, 1.54) is 39.3 Å².